The highest BCUT2D eigenvalue weighted by atomic mass is 32.2. The number of benzene rings is 2. The molecule has 0 fully saturated rings. The number of imide groups is 1. The molecule has 158 valence electrons. The number of amides is 2. The second-order valence-corrected chi connectivity index (χ2v) is 7.85. The number of anilines is 1. The van der Waals surface area contributed by atoms with E-state index in [0.29, 0.717) is 45.6 Å². The van der Waals surface area contributed by atoms with E-state index in [1.54, 1.807) is 36.6 Å². The lowest BCUT2D eigenvalue weighted by atomic mass is 10.1. The van der Waals surface area contributed by atoms with Crippen molar-refractivity contribution in [2.24, 2.45) is 0 Å². The van der Waals surface area contributed by atoms with E-state index in [-0.39, 0.29) is 0 Å². The second kappa shape index (κ2) is 9.22. The normalized spacial score (nSPS) is 13.9. The number of nitrogens with zero attached hydrogens (tertiary/aromatic N) is 1. The van der Waals surface area contributed by atoms with E-state index in [1.807, 2.05) is 13.0 Å². The summed E-state index contributed by atoms with van der Waals surface area (Å²) in [5.41, 5.74) is 1.26. The summed E-state index contributed by atoms with van der Waals surface area (Å²) in [6, 6.07) is 16.0. The highest BCUT2D eigenvalue weighted by Crippen LogP contribution is 2.40. The van der Waals surface area contributed by atoms with Gasteiger partial charge in [0.1, 0.15) is 17.3 Å². The van der Waals surface area contributed by atoms with Crippen molar-refractivity contribution in [3.8, 4) is 5.75 Å². The summed E-state index contributed by atoms with van der Waals surface area (Å²) in [5.74, 6) is 0.477. The molecule has 1 aromatic heterocycles. The summed E-state index contributed by atoms with van der Waals surface area (Å²) in [6.07, 6.45) is 2.45. The fourth-order valence-electron chi connectivity index (χ4n) is 3.20. The maximum Gasteiger partial charge on any atom is 0.272 e. The number of rotatable bonds is 8. The number of carbonyl (C=O) groups is 2. The molecule has 0 radical (unpaired) electrons. The highest BCUT2D eigenvalue weighted by molar-refractivity contribution is 8.03. The molecule has 0 spiro atoms. The van der Waals surface area contributed by atoms with Crippen LogP contribution in [0.3, 0.4) is 0 Å². The molecular weight excluding hydrogens is 417 g/mol. The molecule has 3 aromatic rings. The molecule has 0 saturated heterocycles. The van der Waals surface area contributed by atoms with E-state index in [2.05, 4.69) is 0 Å². The predicted molar refractivity (Wildman–Crippen MR) is 118 cm³/mol. The summed E-state index contributed by atoms with van der Waals surface area (Å²) in [6.45, 7) is 2.62. The number of thioether (sulfide) groups is 1. The van der Waals surface area contributed by atoms with Crippen LogP contribution in [0.25, 0.3) is 5.57 Å². The average Bonchev–Trinajstić information content (AvgIpc) is 3.38. The molecule has 5 nitrogen and oxygen atoms in total. The standard InChI is InChI=1S/C24H20FNO4S/c1-2-13-29-19-11-5-16(6-12-19)21-22(31-15-20-4-3-14-30-20)24(28)26(23(21)27)18-9-7-17(25)8-10-18/h3-12,14H,2,13,15H2,1H3. The van der Waals surface area contributed by atoms with Gasteiger partial charge in [0.05, 0.1) is 34.8 Å². The minimum Gasteiger partial charge on any atom is -0.494 e. The van der Waals surface area contributed by atoms with Gasteiger partial charge in [0.2, 0.25) is 0 Å². The zero-order chi connectivity index (χ0) is 21.8. The molecule has 0 aliphatic carbocycles. The summed E-state index contributed by atoms with van der Waals surface area (Å²) < 4.78 is 24.3. The van der Waals surface area contributed by atoms with Gasteiger partial charge in [-0.2, -0.15) is 0 Å². The van der Waals surface area contributed by atoms with Crippen LogP contribution >= 0.6 is 11.8 Å². The number of carbonyl (C=O) groups excluding carboxylic acids is 2. The number of hydrogen-bond donors (Lipinski definition) is 0. The second-order valence-electron chi connectivity index (χ2n) is 6.87. The van der Waals surface area contributed by atoms with E-state index in [9.17, 15) is 14.0 Å². The number of hydrogen-bond acceptors (Lipinski definition) is 5. The first-order valence-electron chi connectivity index (χ1n) is 9.85. The molecule has 0 saturated carbocycles. The largest absolute Gasteiger partial charge is 0.494 e. The van der Waals surface area contributed by atoms with E-state index in [1.165, 1.54) is 36.0 Å². The Morgan fingerprint density at radius 1 is 1.00 bits per heavy atom. The van der Waals surface area contributed by atoms with Gasteiger partial charge < -0.3 is 9.15 Å². The Labute approximate surface area is 183 Å². The van der Waals surface area contributed by atoms with Crippen molar-refractivity contribution >= 4 is 34.8 Å². The van der Waals surface area contributed by atoms with Gasteiger partial charge in [-0.05, 0) is 60.5 Å². The smallest absolute Gasteiger partial charge is 0.272 e. The Bertz CT molecular complexity index is 1110. The Balaban J connectivity index is 1.69. The van der Waals surface area contributed by atoms with E-state index in [4.69, 9.17) is 9.15 Å². The molecule has 1 aliphatic rings. The average molecular weight is 437 g/mol. The van der Waals surface area contributed by atoms with Crippen molar-refractivity contribution in [3.05, 3.63) is 89.0 Å². The van der Waals surface area contributed by atoms with Gasteiger partial charge >= 0.3 is 0 Å². The van der Waals surface area contributed by atoms with Gasteiger partial charge in [0.15, 0.2) is 0 Å². The van der Waals surface area contributed by atoms with Crippen LogP contribution in [0.4, 0.5) is 10.1 Å². The minimum absolute atomic E-state index is 0.313. The van der Waals surface area contributed by atoms with E-state index >= 15 is 0 Å². The third-order valence-corrected chi connectivity index (χ3v) is 5.78. The van der Waals surface area contributed by atoms with Crippen molar-refractivity contribution in [2.45, 2.75) is 19.1 Å². The van der Waals surface area contributed by atoms with E-state index < -0.39 is 17.6 Å². The predicted octanol–water partition coefficient (Wildman–Crippen LogP) is 5.43. The zero-order valence-corrected chi connectivity index (χ0v) is 17.7. The minimum atomic E-state index is -0.444. The lowest BCUT2D eigenvalue weighted by Gasteiger charge is -2.15. The van der Waals surface area contributed by atoms with Crippen LogP contribution in [0, 0.1) is 5.82 Å². The Hall–Kier alpha value is -3.32. The lowest BCUT2D eigenvalue weighted by molar-refractivity contribution is -0.119. The summed E-state index contributed by atoms with van der Waals surface area (Å²) in [5, 5.41) is 0. The van der Waals surface area contributed by atoms with Gasteiger partial charge in [0.25, 0.3) is 11.8 Å². The molecule has 7 heteroatoms. The lowest BCUT2D eigenvalue weighted by Crippen LogP contribution is -2.31. The SMILES string of the molecule is CCCOc1ccc(C2=C(SCc3ccco3)C(=O)N(c3ccc(F)cc3)C2=O)cc1. The number of furan rings is 1. The van der Waals surface area contributed by atoms with Crippen LogP contribution in [0.2, 0.25) is 0 Å². The molecule has 0 bridgehead atoms. The highest BCUT2D eigenvalue weighted by Gasteiger charge is 2.40. The van der Waals surface area contributed by atoms with Crippen molar-refractivity contribution < 1.29 is 23.1 Å². The summed E-state index contributed by atoms with van der Waals surface area (Å²) in [7, 11) is 0. The quantitative estimate of drug-likeness (QED) is 0.440. The van der Waals surface area contributed by atoms with Gasteiger partial charge in [-0.3, -0.25) is 9.59 Å². The molecule has 0 atom stereocenters. The first-order chi connectivity index (χ1) is 15.1. The van der Waals surface area contributed by atoms with Crippen LogP contribution in [0.15, 0.2) is 76.2 Å². The van der Waals surface area contributed by atoms with Gasteiger partial charge in [0, 0.05) is 0 Å². The Morgan fingerprint density at radius 2 is 1.74 bits per heavy atom. The van der Waals surface area contributed by atoms with Crippen molar-refractivity contribution in [3.63, 3.8) is 0 Å². The maximum absolute atomic E-state index is 13.4. The van der Waals surface area contributed by atoms with Crippen LogP contribution in [0.1, 0.15) is 24.7 Å². The third kappa shape index (κ3) is 4.41. The van der Waals surface area contributed by atoms with Crippen LogP contribution in [-0.4, -0.2) is 18.4 Å². The maximum atomic E-state index is 13.4. The molecule has 2 amide bonds. The molecule has 0 unspecified atom stereocenters. The fraction of sp³-hybridized carbons (Fsp3) is 0.167. The third-order valence-electron chi connectivity index (χ3n) is 4.68. The number of ether oxygens (including phenoxy) is 1. The van der Waals surface area contributed by atoms with Crippen molar-refractivity contribution in [1.29, 1.82) is 0 Å². The Kier molecular flexibility index (Phi) is 6.23. The van der Waals surface area contributed by atoms with Gasteiger partial charge in [-0.15, -0.1) is 11.8 Å². The summed E-state index contributed by atoms with van der Waals surface area (Å²) in [4.78, 5) is 28.0. The van der Waals surface area contributed by atoms with Gasteiger partial charge in [-0.25, -0.2) is 9.29 Å². The zero-order valence-electron chi connectivity index (χ0n) is 16.8. The van der Waals surface area contributed by atoms with Crippen LogP contribution in [0.5, 0.6) is 5.75 Å². The molecule has 2 aromatic carbocycles. The Morgan fingerprint density at radius 3 is 2.39 bits per heavy atom. The number of halogens is 1. The summed E-state index contributed by atoms with van der Waals surface area (Å²) >= 11 is 1.24. The topological polar surface area (TPSA) is 59.8 Å². The molecule has 0 N–H and O–H groups in total. The van der Waals surface area contributed by atoms with Crippen LogP contribution < -0.4 is 9.64 Å². The van der Waals surface area contributed by atoms with Crippen molar-refractivity contribution in [2.75, 3.05) is 11.5 Å². The van der Waals surface area contributed by atoms with E-state index in [0.717, 1.165) is 11.3 Å². The molecule has 31 heavy (non-hydrogen) atoms. The van der Waals surface area contributed by atoms with Crippen LogP contribution in [-0.2, 0) is 15.3 Å². The molecular formula is C24H20FNO4S. The monoisotopic (exact) mass is 437 g/mol. The van der Waals surface area contributed by atoms with Gasteiger partial charge in [-0.1, -0.05) is 19.1 Å². The molecule has 2 heterocycles. The fourth-order valence-corrected chi connectivity index (χ4v) is 4.21. The molecule has 4 rings (SSSR count). The molecule has 1 aliphatic heterocycles. The van der Waals surface area contributed by atoms with Crippen molar-refractivity contribution in [1.82, 2.24) is 0 Å². The first-order valence-corrected chi connectivity index (χ1v) is 10.8. The first kappa shape index (κ1) is 20.9.